The Kier molecular flexibility index (Phi) is 3.99. The van der Waals surface area contributed by atoms with Gasteiger partial charge in [-0.15, -0.1) is 0 Å². The Hall–Kier alpha value is -1.78. The molecule has 0 radical (unpaired) electrons. The van der Waals surface area contributed by atoms with Gasteiger partial charge in [-0.3, -0.25) is 0 Å². The van der Waals surface area contributed by atoms with Crippen LogP contribution in [0, 0.1) is 6.92 Å². The molecule has 0 saturated carbocycles. The normalized spacial score (nSPS) is 12.7. The third-order valence-electron chi connectivity index (χ3n) is 3.49. The minimum Gasteiger partial charge on any atom is -0.388 e. The van der Waals surface area contributed by atoms with E-state index in [-0.39, 0.29) is 0 Å². The van der Waals surface area contributed by atoms with Gasteiger partial charge in [0.25, 0.3) is 0 Å². The maximum atomic E-state index is 10.1. The van der Waals surface area contributed by atoms with E-state index in [1.54, 1.807) is 11.8 Å². The Labute approximate surface area is 128 Å². The minimum absolute atomic E-state index is 0.430. The lowest BCUT2D eigenvalue weighted by Gasteiger charge is -2.12. The molecular formula is C17H18N2OS. The number of fused-ring (bicyclic) bond motifs is 1. The van der Waals surface area contributed by atoms with Crippen molar-refractivity contribution in [3.63, 3.8) is 0 Å². The lowest BCUT2D eigenvalue weighted by Crippen LogP contribution is -1.97. The molecule has 21 heavy (non-hydrogen) atoms. The van der Waals surface area contributed by atoms with Crippen molar-refractivity contribution in [3.05, 3.63) is 53.6 Å². The molecule has 1 heterocycles. The predicted octanol–water partition coefficient (Wildman–Crippen LogP) is 4.47. The fourth-order valence-corrected chi connectivity index (χ4v) is 3.30. The van der Waals surface area contributed by atoms with Crippen LogP contribution in [-0.4, -0.2) is 15.1 Å². The molecule has 2 N–H and O–H groups in total. The summed E-state index contributed by atoms with van der Waals surface area (Å²) in [6.07, 6.45) is 0.275. The minimum atomic E-state index is -0.430. The fraction of sp³-hybridized carbons (Fsp3) is 0.235. The van der Waals surface area contributed by atoms with E-state index in [9.17, 15) is 5.11 Å². The van der Waals surface area contributed by atoms with Gasteiger partial charge < -0.3 is 10.1 Å². The van der Waals surface area contributed by atoms with Crippen molar-refractivity contribution in [2.45, 2.75) is 36.4 Å². The highest BCUT2D eigenvalue weighted by atomic mass is 32.2. The summed E-state index contributed by atoms with van der Waals surface area (Å²) in [6, 6.07) is 14.1. The number of hydrogen-bond donors (Lipinski definition) is 2. The van der Waals surface area contributed by atoms with Gasteiger partial charge in [-0.25, -0.2) is 4.98 Å². The van der Waals surface area contributed by atoms with Crippen LogP contribution in [0.4, 0.5) is 0 Å². The number of hydrogen-bond acceptors (Lipinski definition) is 3. The van der Waals surface area contributed by atoms with Gasteiger partial charge in [0.15, 0.2) is 5.16 Å². The highest BCUT2D eigenvalue weighted by Crippen LogP contribution is 2.33. The number of nitrogens with zero attached hydrogens (tertiary/aromatic N) is 1. The molecule has 0 aliphatic rings. The number of imidazole rings is 1. The molecule has 0 bridgehead atoms. The molecule has 0 aliphatic heterocycles. The van der Waals surface area contributed by atoms with E-state index in [1.807, 2.05) is 37.3 Å². The van der Waals surface area contributed by atoms with E-state index >= 15 is 0 Å². The maximum absolute atomic E-state index is 10.1. The zero-order valence-corrected chi connectivity index (χ0v) is 12.9. The summed E-state index contributed by atoms with van der Waals surface area (Å²) in [5.74, 6) is 0. The van der Waals surface area contributed by atoms with Gasteiger partial charge in [0, 0.05) is 4.90 Å². The molecule has 1 aromatic heterocycles. The van der Waals surface area contributed by atoms with Crippen molar-refractivity contribution >= 4 is 22.8 Å². The number of rotatable bonds is 4. The molecule has 4 heteroatoms. The van der Waals surface area contributed by atoms with Crippen LogP contribution in [-0.2, 0) is 0 Å². The number of H-pyrrole nitrogens is 1. The van der Waals surface area contributed by atoms with E-state index < -0.39 is 6.10 Å². The van der Waals surface area contributed by atoms with Gasteiger partial charge in [-0.05, 0) is 42.7 Å². The van der Waals surface area contributed by atoms with Crippen molar-refractivity contribution in [3.8, 4) is 0 Å². The van der Waals surface area contributed by atoms with Crippen LogP contribution in [0.5, 0.6) is 0 Å². The first-order chi connectivity index (χ1) is 10.2. The van der Waals surface area contributed by atoms with Gasteiger partial charge in [0.1, 0.15) is 0 Å². The third-order valence-corrected chi connectivity index (χ3v) is 4.47. The van der Waals surface area contributed by atoms with Crippen molar-refractivity contribution in [1.82, 2.24) is 9.97 Å². The van der Waals surface area contributed by atoms with Gasteiger partial charge in [0.2, 0.25) is 0 Å². The SMILES string of the molecule is CCC(O)c1ccccc1Sc1nc2ccc(C)cc2[nH]1. The molecule has 3 aromatic rings. The van der Waals surface area contributed by atoms with E-state index in [2.05, 4.69) is 29.0 Å². The molecule has 3 rings (SSSR count). The number of aryl methyl sites for hydroxylation is 1. The smallest absolute Gasteiger partial charge is 0.171 e. The molecular weight excluding hydrogens is 280 g/mol. The molecule has 0 spiro atoms. The molecule has 0 saturated heterocycles. The van der Waals surface area contributed by atoms with Crippen LogP contribution >= 0.6 is 11.8 Å². The van der Waals surface area contributed by atoms with E-state index in [0.29, 0.717) is 6.42 Å². The Morgan fingerprint density at radius 2 is 2.05 bits per heavy atom. The lowest BCUT2D eigenvalue weighted by atomic mass is 10.1. The summed E-state index contributed by atoms with van der Waals surface area (Å²) < 4.78 is 0. The summed E-state index contributed by atoms with van der Waals surface area (Å²) in [6.45, 7) is 4.05. The van der Waals surface area contributed by atoms with Crippen molar-refractivity contribution < 1.29 is 5.11 Å². The van der Waals surface area contributed by atoms with Crippen LogP contribution in [0.1, 0.15) is 30.6 Å². The molecule has 108 valence electrons. The summed E-state index contributed by atoms with van der Waals surface area (Å²) in [7, 11) is 0. The van der Waals surface area contributed by atoms with Gasteiger partial charge >= 0.3 is 0 Å². The Bertz CT molecular complexity index is 766. The number of aliphatic hydroxyl groups excluding tert-OH is 1. The molecule has 3 nitrogen and oxygen atoms in total. The van der Waals surface area contributed by atoms with E-state index in [1.165, 1.54) is 5.56 Å². The Balaban J connectivity index is 1.95. The molecule has 2 aromatic carbocycles. The zero-order valence-electron chi connectivity index (χ0n) is 12.1. The fourth-order valence-electron chi connectivity index (χ4n) is 2.32. The lowest BCUT2D eigenvalue weighted by molar-refractivity contribution is 0.171. The van der Waals surface area contributed by atoms with Crippen molar-refractivity contribution in [2.75, 3.05) is 0 Å². The topological polar surface area (TPSA) is 48.9 Å². The monoisotopic (exact) mass is 298 g/mol. The first-order valence-electron chi connectivity index (χ1n) is 7.08. The molecule has 1 atom stereocenters. The van der Waals surface area contributed by atoms with E-state index in [4.69, 9.17) is 0 Å². The predicted molar refractivity (Wildman–Crippen MR) is 86.6 cm³/mol. The average Bonchev–Trinajstić information content (AvgIpc) is 2.88. The van der Waals surface area contributed by atoms with Crippen LogP contribution in [0.25, 0.3) is 11.0 Å². The summed E-state index contributed by atoms with van der Waals surface area (Å²) in [5.41, 5.74) is 4.19. The van der Waals surface area contributed by atoms with Gasteiger partial charge in [-0.1, -0.05) is 43.0 Å². The Morgan fingerprint density at radius 3 is 2.86 bits per heavy atom. The first-order valence-corrected chi connectivity index (χ1v) is 7.90. The van der Waals surface area contributed by atoms with Crippen molar-refractivity contribution in [2.24, 2.45) is 0 Å². The molecule has 0 aliphatic carbocycles. The second-order valence-electron chi connectivity index (χ2n) is 5.13. The summed E-state index contributed by atoms with van der Waals surface area (Å²) >= 11 is 1.56. The number of aromatic nitrogens is 2. The number of aliphatic hydroxyl groups is 1. The molecule has 0 amide bonds. The third kappa shape index (κ3) is 2.96. The van der Waals surface area contributed by atoms with Gasteiger partial charge in [0.05, 0.1) is 17.1 Å². The quantitative estimate of drug-likeness (QED) is 0.747. The highest BCUT2D eigenvalue weighted by molar-refractivity contribution is 7.99. The van der Waals surface area contributed by atoms with Crippen LogP contribution < -0.4 is 0 Å². The van der Waals surface area contributed by atoms with Crippen molar-refractivity contribution in [1.29, 1.82) is 0 Å². The standard InChI is InChI=1S/C17H18N2OS/c1-3-15(20)12-6-4-5-7-16(12)21-17-18-13-9-8-11(2)10-14(13)19-17/h4-10,15,20H,3H2,1-2H3,(H,18,19). The van der Waals surface area contributed by atoms with Crippen LogP contribution in [0.3, 0.4) is 0 Å². The second kappa shape index (κ2) is 5.92. The number of nitrogens with one attached hydrogen (secondary N) is 1. The Morgan fingerprint density at radius 1 is 1.24 bits per heavy atom. The summed E-state index contributed by atoms with van der Waals surface area (Å²) in [4.78, 5) is 8.98. The number of benzene rings is 2. The summed E-state index contributed by atoms with van der Waals surface area (Å²) in [5, 5.41) is 11.0. The highest BCUT2D eigenvalue weighted by Gasteiger charge is 2.12. The molecule has 1 unspecified atom stereocenters. The molecule has 0 fully saturated rings. The second-order valence-corrected chi connectivity index (χ2v) is 6.16. The maximum Gasteiger partial charge on any atom is 0.171 e. The average molecular weight is 298 g/mol. The largest absolute Gasteiger partial charge is 0.388 e. The van der Waals surface area contributed by atoms with Gasteiger partial charge in [-0.2, -0.15) is 0 Å². The van der Waals surface area contributed by atoms with E-state index in [0.717, 1.165) is 26.6 Å². The van der Waals surface area contributed by atoms with Crippen LogP contribution in [0.15, 0.2) is 52.5 Å². The zero-order chi connectivity index (χ0) is 14.8. The van der Waals surface area contributed by atoms with Crippen LogP contribution in [0.2, 0.25) is 0 Å². The number of aromatic amines is 1. The first kappa shape index (κ1) is 14.2.